The molecule has 1 heterocycles. The van der Waals surface area contributed by atoms with Crippen molar-refractivity contribution in [3.05, 3.63) is 71.1 Å². The van der Waals surface area contributed by atoms with E-state index in [1.807, 2.05) is 60.7 Å². The number of hydrogen-bond donors (Lipinski definition) is 2. The standard InChI is InChI=1S/C32H36N2O5S/c1-32(2,3)34-31(39)29(37)24(17-21-13-9-14-25(21)35)33-30(38)23(16-20-10-5-4-6-11-20)18-26(36)28-19-22-12-7-8-15-27(22)40-28/h4-8,10-12,15,19,21,23-24H,9,13-14,16-18H2,1-3H3,(H,33,38)(H,34,39)/t21-,23+,24-/m0/s1. The van der Waals surface area contributed by atoms with E-state index in [0.29, 0.717) is 24.1 Å². The van der Waals surface area contributed by atoms with E-state index in [1.54, 1.807) is 20.8 Å². The number of fused-ring (bicyclic) bond motifs is 1. The summed E-state index contributed by atoms with van der Waals surface area (Å²) < 4.78 is 0.992. The van der Waals surface area contributed by atoms with Gasteiger partial charge in [-0.15, -0.1) is 11.3 Å². The summed E-state index contributed by atoms with van der Waals surface area (Å²) in [5, 5.41) is 6.42. The van der Waals surface area contributed by atoms with Crippen LogP contribution in [0.4, 0.5) is 0 Å². The fourth-order valence-corrected chi connectivity index (χ4v) is 6.11. The summed E-state index contributed by atoms with van der Waals surface area (Å²) in [6, 6.07) is 17.8. The molecule has 2 amide bonds. The van der Waals surface area contributed by atoms with Gasteiger partial charge in [0.05, 0.1) is 10.9 Å². The number of rotatable bonds is 11. The Morgan fingerprint density at radius 2 is 1.70 bits per heavy atom. The number of hydrogen-bond acceptors (Lipinski definition) is 6. The lowest BCUT2D eigenvalue weighted by atomic mass is 9.90. The Morgan fingerprint density at radius 1 is 1.00 bits per heavy atom. The Morgan fingerprint density at radius 3 is 2.35 bits per heavy atom. The number of amides is 2. The number of carbonyl (C=O) groups is 5. The third kappa shape index (κ3) is 7.72. The molecular formula is C32H36N2O5S. The summed E-state index contributed by atoms with van der Waals surface area (Å²) in [6.45, 7) is 5.30. The molecule has 1 aliphatic carbocycles. The van der Waals surface area contributed by atoms with E-state index in [4.69, 9.17) is 0 Å². The van der Waals surface area contributed by atoms with Gasteiger partial charge in [-0.05, 0) is 69.5 Å². The maximum absolute atomic E-state index is 13.7. The van der Waals surface area contributed by atoms with Gasteiger partial charge in [0.1, 0.15) is 5.78 Å². The molecule has 2 N–H and O–H groups in total. The minimum atomic E-state index is -1.15. The van der Waals surface area contributed by atoms with E-state index in [9.17, 15) is 24.0 Å². The molecule has 0 aliphatic heterocycles. The van der Waals surface area contributed by atoms with E-state index in [-0.39, 0.29) is 30.3 Å². The van der Waals surface area contributed by atoms with E-state index >= 15 is 0 Å². The molecular weight excluding hydrogens is 524 g/mol. The van der Waals surface area contributed by atoms with Crippen molar-refractivity contribution >= 4 is 50.6 Å². The van der Waals surface area contributed by atoms with Gasteiger partial charge in [0, 0.05) is 34.9 Å². The first-order valence-corrected chi connectivity index (χ1v) is 14.6. The number of nitrogens with one attached hydrogen (secondary N) is 2. The molecule has 7 nitrogen and oxygen atoms in total. The molecule has 1 saturated carbocycles. The number of Topliss-reactive ketones (excluding diaryl/α,β-unsaturated/α-hetero) is 3. The molecule has 210 valence electrons. The van der Waals surface area contributed by atoms with E-state index in [1.165, 1.54) is 11.3 Å². The molecule has 1 aliphatic rings. The third-order valence-corrected chi connectivity index (χ3v) is 8.28. The Labute approximate surface area is 238 Å². The molecule has 3 atom stereocenters. The minimum Gasteiger partial charge on any atom is -0.345 e. The zero-order chi connectivity index (χ0) is 28.9. The van der Waals surface area contributed by atoms with Crippen LogP contribution in [0.3, 0.4) is 0 Å². The van der Waals surface area contributed by atoms with Gasteiger partial charge in [0.25, 0.3) is 5.91 Å². The molecule has 1 fully saturated rings. The maximum Gasteiger partial charge on any atom is 0.290 e. The van der Waals surface area contributed by atoms with Crippen LogP contribution in [0.2, 0.25) is 0 Å². The first kappa shape index (κ1) is 29.3. The zero-order valence-electron chi connectivity index (χ0n) is 23.2. The Balaban J connectivity index is 1.57. The van der Waals surface area contributed by atoms with Crippen molar-refractivity contribution < 1.29 is 24.0 Å². The van der Waals surface area contributed by atoms with Gasteiger partial charge in [-0.3, -0.25) is 24.0 Å². The highest BCUT2D eigenvalue weighted by molar-refractivity contribution is 7.20. The van der Waals surface area contributed by atoms with Crippen molar-refractivity contribution in [3.63, 3.8) is 0 Å². The highest BCUT2D eigenvalue weighted by Gasteiger charge is 2.36. The third-order valence-electron chi connectivity index (χ3n) is 7.12. The van der Waals surface area contributed by atoms with Crippen LogP contribution >= 0.6 is 11.3 Å². The Bertz CT molecular complexity index is 1370. The van der Waals surface area contributed by atoms with Crippen LogP contribution in [0.1, 0.15) is 68.1 Å². The number of benzene rings is 2. The predicted molar refractivity (Wildman–Crippen MR) is 156 cm³/mol. The summed E-state index contributed by atoms with van der Waals surface area (Å²) >= 11 is 1.39. The van der Waals surface area contributed by atoms with E-state index in [0.717, 1.165) is 22.1 Å². The molecule has 0 bridgehead atoms. The lowest BCUT2D eigenvalue weighted by molar-refractivity contribution is -0.141. The largest absolute Gasteiger partial charge is 0.345 e. The first-order chi connectivity index (χ1) is 19.0. The molecule has 8 heteroatoms. The molecule has 2 aromatic carbocycles. The van der Waals surface area contributed by atoms with Gasteiger partial charge < -0.3 is 10.6 Å². The topological polar surface area (TPSA) is 109 Å². The van der Waals surface area contributed by atoms with Crippen LogP contribution in [0.5, 0.6) is 0 Å². The van der Waals surface area contributed by atoms with Crippen LogP contribution in [0.15, 0.2) is 60.7 Å². The molecule has 4 rings (SSSR count). The fraction of sp³-hybridized carbons (Fsp3) is 0.406. The van der Waals surface area contributed by atoms with Crippen molar-refractivity contribution in [2.45, 2.75) is 70.9 Å². The highest BCUT2D eigenvalue weighted by atomic mass is 32.1. The molecule has 0 saturated heterocycles. The number of carbonyl (C=O) groups excluding carboxylic acids is 5. The van der Waals surface area contributed by atoms with E-state index in [2.05, 4.69) is 10.6 Å². The molecule has 1 aromatic heterocycles. The monoisotopic (exact) mass is 560 g/mol. The van der Waals surface area contributed by atoms with Crippen molar-refractivity contribution in [1.82, 2.24) is 10.6 Å². The average molecular weight is 561 g/mol. The van der Waals surface area contributed by atoms with Gasteiger partial charge in [-0.2, -0.15) is 0 Å². The van der Waals surface area contributed by atoms with E-state index < -0.39 is 35.1 Å². The maximum atomic E-state index is 13.7. The average Bonchev–Trinajstić information content (AvgIpc) is 3.53. The predicted octanol–water partition coefficient (Wildman–Crippen LogP) is 5.06. The molecule has 0 radical (unpaired) electrons. The van der Waals surface area contributed by atoms with Crippen LogP contribution in [0.25, 0.3) is 10.1 Å². The summed E-state index contributed by atoms with van der Waals surface area (Å²) in [4.78, 5) is 66.2. The molecule has 0 spiro atoms. The quantitative estimate of drug-likeness (QED) is 0.252. The summed E-state index contributed by atoms with van der Waals surface area (Å²) in [5.74, 6) is -3.32. The second-order valence-corrected chi connectivity index (χ2v) is 12.7. The molecule has 40 heavy (non-hydrogen) atoms. The van der Waals surface area contributed by atoms with Crippen LogP contribution < -0.4 is 10.6 Å². The fourth-order valence-electron chi connectivity index (χ4n) is 5.10. The normalized spacial score (nSPS) is 16.9. The number of thiophene rings is 1. The second-order valence-electron chi connectivity index (χ2n) is 11.6. The lowest BCUT2D eigenvalue weighted by Crippen LogP contribution is -2.53. The summed E-state index contributed by atoms with van der Waals surface area (Å²) in [5.41, 5.74) is 0.239. The highest BCUT2D eigenvalue weighted by Crippen LogP contribution is 2.29. The van der Waals surface area contributed by atoms with Gasteiger partial charge in [-0.25, -0.2) is 0 Å². The second kappa shape index (κ2) is 12.7. The van der Waals surface area contributed by atoms with Crippen LogP contribution in [-0.4, -0.2) is 40.7 Å². The Hall–Kier alpha value is -3.65. The van der Waals surface area contributed by atoms with Crippen LogP contribution in [0, 0.1) is 11.8 Å². The number of ketones is 3. The van der Waals surface area contributed by atoms with Crippen molar-refractivity contribution in [2.24, 2.45) is 11.8 Å². The zero-order valence-corrected chi connectivity index (χ0v) is 24.0. The van der Waals surface area contributed by atoms with Crippen molar-refractivity contribution in [2.75, 3.05) is 0 Å². The molecule has 3 aromatic rings. The van der Waals surface area contributed by atoms with Gasteiger partial charge in [-0.1, -0.05) is 48.5 Å². The van der Waals surface area contributed by atoms with Crippen molar-refractivity contribution in [3.8, 4) is 0 Å². The first-order valence-electron chi connectivity index (χ1n) is 13.8. The minimum absolute atomic E-state index is 0.0454. The molecule has 0 unspecified atom stereocenters. The van der Waals surface area contributed by atoms with Gasteiger partial charge in [0.2, 0.25) is 11.7 Å². The smallest absolute Gasteiger partial charge is 0.290 e. The van der Waals surface area contributed by atoms with Crippen molar-refractivity contribution in [1.29, 1.82) is 0 Å². The van der Waals surface area contributed by atoms with Gasteiger partial charge in [0.15, 0.2) is 5.78 Å². The summed E-state index contributed by atoms with van der Waals surface area (Å²) in [7, 11) is 0. The SMILES string of the molecule is CC(C)(C)NC(=O)C(=O)[C@H](C[C@@H]1CCCC1=O)NC(=O)[C@@H](CC(=O)c1cc2ccccc2s1)Cc1ccccc1. The van der Waals surface area contributed by atoms with Gasteiger partial charge >= 0.3 is 0 Å². The lowest BCUT2D eigenvalue weighted by Gasteiger charge is -2.25. The summed E-state index contributed by atoms with van der Waals surface area (Å²) in [6.07, 6.45) is 2.10. The van der Waals surface area contributed by atoms with Crippen LogP contribution in [-0.2, 0) is 25.6 Å². The Kier molecular flexibility index (Phi) is 9.30.